The van der Waals surface area contributed by atoms with Gasteiger partial charge in [0.2, 0.25) is 23.6 Å². The SMILES string of the molecule is CCC(C)C(N)C(=O)NC(CCCCN)C(=O)NC(C)C(=O)NC(CC(N)=O)C(=O)O. The fourth-order valence-electron chi connectivity index (χ4n) is 2.62. The van der Waals surface area contributed by atoms with Gasteiger partial charge in [0, 0.05) is 0 Å². The van der Waals surface area contributed by atoms with Crippen LogP contribution < -0.4 is 33.2 Å². The molecule has 178 valence electrons. The second kappa shape index (κ2) is 14.3. The Labute approximate surface area is 182 Å². The zero-order valence-corrected chi connectivity index (χ0v) is 18.3. The highest BCUT2D eigenvalue weighted by atomic mass is 16.4. The van der Waals surface area contributed by atoms with Crippen LogP contribution in [0, 0.1) is 5.92 Å². The van der Waals surface area contributed by atoms with E-state index in [1.54, 1.807) is 0 Å². The van der Waals surface area contributed by atoms with E-state index in [-0.39, 0.29) is 12.3 Å². The van der Waals surface area contributed by atoms with Crippen LogP contribution in [-0.4, -0.2) is 65.4 Å². The lowest BCUT2D eigenvalue weighted by Gasteiger charge is -2.24. The first-order valence-electron chi connectivity index (χ1n) is 10.3. The van der Waals surface area contributed by atoms with Crippen LogP contribution in [0.1, 0.15) is 52.9 Å². The molecule has 0 aromatic carbocycles. The number of primary amides is 1. The van der Waals surface area contributed by atoms with Gasteiger partial charge in [-0.15, -0.1) is 0 Å². The van der Waals surface area contributed by atoms with Gasteiger partial charge in [-0.25, -0.2) is 4.79 Å². The third-order valence-electron chi connectivity index (χ3n) is 4.91. The van der Waals surface area contributed by atoms with Gasteiger partial charge in [0.15, 0.2) is 0 Å². The monoisotopic (exact) mass is 444 g/mol. The van der Waals surface area contributed by atoms with Crippen molar-refractivity contribution in [2.75, 3.05) is 6.54 Å². The number of carboxylic acids is 1. The number of amides is 4. The number of carbonyl (C=O) groups is 5. The van der Waals surface area contributed by atoms with Crippen LogP contribution in [0.25, 0.3) is 0 Å². The molecule has 0 fully saturated rings. The molecule has 5 unspecified atom stereocenters. The molecule has 0 radical (unpaired) electrons. The maximum atomic E-state index is 12.7. The Hall–Kier alpha value is -2.73. The van der Waals surface area contributed by atoms with Crippen molar-refractivity contribution in [1.29, 1.82) is 0 Å². The largest absolute Gasteiger partial charge is 0.480 e. The summed E-state index contributed by atoms with van der Waals surface area (Å²) in [5, 5.41) is 16.3. The van der Waals surface area contributed by atoms with Crippen molar-refractivity contribution in [3.05, 3.63) is 0 Å². The molecule has 4 amide bonds. The van der Waals surface area contributed by atoms with Crippen molar-refractivity contribution in [1.82, 2.24) is 16.0 Å². The number of rotatable bonds is 15. The number of hydrogen-bond acceptors (Lipinski definition) is 7. The molecule has 12 heteroatoms. The van der Waals surface area contributed by atoms with Crippen LogP contribution in [0.4, 0.5) is 0 Å². The molecule has 0 saturated carbocycles. The molecule has 0 aromatic rings. The highest BCUT2D eigenvalue weighted by molar-refractivity contribution is 5.94. The lowest BCUT2D eigenvalue weighted by atomic mass is 9.98. The molecule has 0 spiro atoms. The number of carboxylic acid groups (broad SMARTS) is 1. The second-order valence-corrected chi connectivity index (χ2v) is 7.56. The summed E-state index contributed by atoms with van der Waals surface area (Å²) in [6, 6.07) is -4.37. The number of nitrogens with two attached hydrogens (primary N) is 3. The van der Waals surface area contributed by atoms with E-state index in [4.69, 9.17) is 22.3 Å². The van der Waals surface area contributed by atoms with E-state index in [1.165, 1.54) is 6.92 Å². The summed E-state index contributed by atoms with van der Waals surface area (Å²) in [4.78, 5) is 59.5. The first kappa shape index (κ1) is 28.3. The Bertz CT molecular complexity index is 643. The van der Waals surface area contributed by atoms with Gasteiger partial charge in [0.05, 0.1) is 12.5 Å². The van der Waals surface area contributed by atoms with Gasteiger partial charge in [0.1, 0.15) is 18.1 Å². The number of carbonyl (C=O) groups excluding carboxylic acids is 4. The minimum absolute atomic E-state index is 0.0873. The molecule has 0 rings (SSSR count). The Morgan fingerprint density at radius 1 is 0.903 bits per heavy atom. The third kappa shape index (κ3) is 10.7. The van der Waals surface area contributed by atoms with Gasteiger partial charge in [-0.2, -0.15) is 0 Å². The van der Waals surface area contributed by atoms with E-state index in [2.05, 4.69) is 16.0 Å². The van der Waals surface area contributed by atoms with Gasteiger partial charge in [-0.1, -0.05) is 20.3 Å². The summed E-state index contributed by atoms with van der Waals surface area (Å²) in [5.41, 5.74) is 16.4. The van der Waals surface area contributed by atoms with E-state index in [1.807, 2.05) is 13.8 Å². The van der Waals surface area contributed by atoms with E-state index in [9.17, 15) is 24.0 Å². The summed E-state index contributed by atoms with van der Waals surface area (Å²) in [5.74, 6) is -4.33. The van der Waals surface area contributed by atoms with Gasteiger partial charge in [-0.3, -0.25) is 19.2 Å². The zero-order valence-electron chi connectivity index (χ0n) is 18.3. The number of unbranched alkanes of at least 4 members (excludes halogenated alkanes) is 1. The molecular formula is C19H36N6O6. The average molecular weight is 445 g/mol. The Kier molecular flexibility index (Phi) is 13.0. The molecule has 0 aromatic heterocycles. The molecule has 12 nitrogen and oxygen atoms in total. The standard InChI is InChI=1S/C19H36N6O6/c1-4-10(2)15(22)18(29)24-12(7-5-6-8-20)17(28)23-11(3)16(27)25-13(19(30)31)9-14(21)26/h10-13,15H,4-9,20,22H2,1-3H3,(H2,21,26)(H,23,28)(H,24,29)(H,25,27)(H,30,31). The lowest BCUT2D eigenvalue weighted by molar-refractivity contribution is -0.143. The first-order chi connectivity index (χ1) is 14.4. The van der Waals surface area contributed by atoms with Crippen LogP contribution in [0.5, 0.6) is 0 Å². The Morgan fingerprint density at radius 2 is 1.48 bits per heavy atom. The molecule has 0 aliphatic heterocycles. The fourth-order valence-corrected chi connectivity index (χ4v) is 2.62. The van der Waals surface area contributed by atoms with Crippen LogP contribution in [-0.2, 0) is 24.0 Å². The number of nitrogens with one attached hydrogen (secondary N) is 3. The minimum atomic E-state index is -1.52. The summed E-state index contributed by atoms with van der Waals surface area (Å²) < 4.78 is 0. The smallest absolute Gasteiger partial charge is 0.326 e. The summed E-state index contributed by atoms with van der Waals surface area (Å²) >= 11 is 0. The van der Waals surface area contributed by atoms with Crippen LogP contribution in [0.3, 0.4) is 0 Å². The number of aliphatic carboxylic acids is 1. The highest BCUT2D eigenvalue weighted by Gasteiger charge is 2.29. The molecule has 5 atom stereocenters. The van der Waals surface area contributed by atoms with E-state index in [0.29, 0.717) is 25.8 Å². The minimum Gasteiger partial charge on any atom is -0.480 e. The molecule has 0 saturated heterocycles. The lowest BCUT2D eigenvalue weighted by Crippen LogP contribution is -2.57. The third-order valence-corrected chi connectivity index (χ3v) is 4.91. The van der Waals surface area contributed by atoms with Crippen molar-refractivity contribution in [2.24, 2.45) is 23.1 Å². The van der Waals surface area contributed by atoms with Crippen LogP contribution >= 0.6 is 0 Å². The summed E-state index contributed by atoms with van der Waals surface area (Å²) in [7, 11) is 0. The first-order valence-corrected chi connectivity index (χ1v) is 10.3. The maximum absolute atomic E-state index is 12.7. The van der Waals surface area contributed by atoms with E-state index in [0.717, 1.165) is 0 Å². The fraction of sp³-hybridized carbons (Fsp3) is 0.737. The quantitative estimate of drug-likeness (QED) is 0.139. The Morgan fingerprint density at radius 3 is 1.97 bits per heavy atom. The average Bonchev–Trinajstić information content (AvgIpc) is 2.70. The molecule has 31 heavy (non-hydrogen) atoms. The molecule has 0 heterocycles. The van der Waals surface area contributed by atoms with Crippen LogP contribution in [0.15, 0.2) is 0 Å². The maximum Gasteiger partial charge on any atom is 0.326 e. The van der Waals surface area contributed by atoms with Crippen molar-refractivity contribution < 1.29 is 29.1 Å². The van der Waals surface area contributed by atoms with E-state index < -0.39 is 60.2 Å². The van der Waals surface area contributed by atoms with Crippen molar-refractivity contribution in [3.8, 4) is 0 Å². The van der Waals surface area contributed by atoms with Crippen LogP contribution in [0.2, 0.25) is 0 Å². The van der Waals surface area contributed by atoms with Gasteiger partial charge in [0.25, 0.3) is 0 Å². The number of hydrogen-bond donors (Lipinski definition) is 7. The molecule has 0 aliphatic carbocycles. The van der Waals surface area contributed by atoms with E-state index >= 15 is 0 Å². The van der Waals surface area contributed by atoms with Crippen molar-refractivity contribution in [3.63, 3.8) is 0 Å². The predicted octanol–water partition coefficient (Wildman–Crippen LogP) is -2.08. The Balaban J connectivity index is 5.12. The van der Waals surface area contributed by atoms with Gasteiger partial charge < -0.3 is 38.3 Å². The molecular weight excluding hydrogens is 408 g/mol. The summed E-state index contributed by atoms with van der Waals surface area (Å²) in [6.45, 7) is 5.49. The predicted molar refractivity (Wildman–Crippen MR) is 113 cm³/mol. The van der Waals surface area contributed by atoms with Gasteiger partial charge >= 0.3 is 5.97 Å². The molecule has 0 bridgehead atoms. The van der Waals surface area contributed by atoms with Crippen molar-refractivity contribution >= 4 is 29.6 Å². The normalized spacial score (nSPS) is 15.6. The summed E-state index contributed by atoms with van der Waals surface area (Å²) in [6.07, 6.45) is 1.59. The molecule has 10 N–H and O–H groups in total. The molecule has 0 aliphatic rings. The zero-order chi connectivity index (χ0) is 24.1. The van der Waals surface area contributed by atoms with Gasteiger partial charge in [-0.05, 0) is 38.6 Å². The highest BCUT2D eigenvalue weighted by Crippen LogP contribution is 2.08. The van der Waals surface area contributed by atoms with Crippen molar-refractivity contribution in [2.45, 2.75) is 77.0 Å². The topological polar surface area (TPSA) is 220 Å². The second-order valence-electron chi connectivity index (χ2n) is 7.56.